The summed E-state index contributed by atoms with van der Waals surface area (Å²) in [5.74, 6) is 0.683. The molecule has 0 saturated carbocycles. The first-order chi connectivity index (χ1) is 16.8. The van der Waals surface area contributed by atoms with Crippen molar-refractivity contribution in [2.24, 2.45) is 0 Å². The molecule has 0 amide bonds. The Kier molecular flexibility index (Phi) is 6.92. The van der Waals surface area contributed by atoms with Crippen molar-refractivity contribution in [3.63, 3.8) is 0 Å². The van der Waals surface area contributed by atoms with Gasteiger partial charge in [0.1, 0.15) is 6.54 Å². The Labute approximate surface area is 202 Å². The summed E-state index contributed by atoms with van der Waals surface area (Å²) < 4.78 is 8.96. The van der Waals surface area contributed by atoms with E-state index in [2.05, 4.69) is 117 Å². The highest BCUT2D eigenvalue weighted by atomic mass is 32.2. The first-order valence-corrected chi connectivity index (χ1v) is 12.4. The monoisotopic (exact) mass is 470 g/mol. The predicted molar refractivity (Wildman–Crippen MR) is 137 cm³/mol. The van der Waals surface area contributed by atoms with Crippen LogP contribution in [0.1, 0.15) is 24.5 Å². The normalized spacial score (nSPS) is 11.9. The van der Waals surface area contributed by atoms with Crippen molar-refractivity contribution in [3.8, 4) is 0 Å². The largest absolute Gasteiger partial charge is 0.691 e. The number of fused-ring (bicyclic) bond motifs is 4. The summed E-state index contributed by atoms with van der Waals surface area (Å²) in [5.41, 5.74) is 6.10. The Morgan fingerprint density at radius 3 is 2.56 bits per heavy atom. The fraction of sp³-hybridized carbons (Fsp3) is 0.179. The number of aryl methyl sites for hydroxylation is 2. The minimum absolute atomic E-state index is 0.683. The van der Waals surface area contributed by atoms with Crippen molar-refractivity contribution in [1.82, 2.24) is 4.57 Å². The zero-order valence-corrected chi connectivity index (χ0v) is 19.8. The van der Waals surface area contributed by atoms with Crippen LogP contribution in [-0.4, -0.2) is 10.3 Å². The van der Waals surface area contributed by atoms with Crippen molar-refractivity contribution in [3.05, 3.63) is 90.1 Å². The van der Waals surface area contributed by atoms with Gasteiger partial charge in [-0.3, -0.25) is 5.04 Å². The first kappa shape index (κ1) is 22.6. The lowest BCUT2D eigenvalue weighted by atomic mass is 10.1. The van der Waals surface area contributed by atoms with Crippen LogP contribution in [0.15, 0.2) is 79.0 Å². The maximum absolute atomic E-state index is 9.92. The van der Waals surface area contributed by atoms with Crippen molar-refractivity contribution in [2.45, 2.75) is 26.4 Å². The van der Waals surface area contributed by atoms with Gasteiger partial charge in [0.15, 0.2) is 6.20 Å². The summed E-state index contributed by atoms with van der Waals surface area (Å²) in [6.45, 7) is 3.98. The number of nitrogens with zero attached hydrogens (tertiary/aromatic N) is 2. The van der Waals surface area contributed by atoms with E-state index < -0.39 is 0 Å². The second-order valence-electron chi connectivity index (χ2n) is 8.16. The fourth-order valence-electron chi connectivity index (χ4n) is 4.70. The lowest BCUT2D eigenvalue weighted by molar-refractivity contribution is -0.777. The molecule has 0 unspecified atom stereocenters. The van der Waals surface area contributed by atoms with Gasteiger partial charge in [0.25, 0.3) is 0 Å². The highest BCUT2D eigenvalue weighted by Gasteiger charge is 2.12. The number of aromatic nitrogens is 2. The van der Waals surface area contributed by atoms with Gasteiger partial charge in [-0.2, -0.15) is 8.90 Å². The molecule has 0 fully saturated rings. The maximum atomic E-state index is 9.92. The topological polar surface area (TPSA) is 50.3 Å². The average molecular weight is 471 g/mol. The number of pyridine rings is 1. The Morgan fingerprint density at radius 2 is 1.71 bits per heavy atom. The van der Waals surface area contributed by atoms with Crippen LogP contribution in [0, 0.1) is 0 Å². The van der Waals surface area contributed by atoms with E-state index in [0.717, 1.165) is 31.6 Å². The van der Waals surface area contributed by atoms with Crippen LogP contribution in [-0.2, 0) is 22.5 Å². The van der Waals surface area contributed by atoms with Gasteiger partial charge in [-0.15, -0.1) is 0 Å². The number of para-hydroxylation sites is 2. The fourth-order valence-corrected chi connectivity index (χ4v) is 5.05. The van der Waals surface area contributed by atoms with Gasteiger partial charge in [-0.1, -0.05) is 48.6 Å². The van der Waals surface area contributed by atoms with Gasteiger partial charge in [-0.25, -0.2) is 0 Å². The maximum Gasteiger partial charge on any atom is 0.213 e. The average Bonchev–Trinajstić information content (AvgIpc) is 3.20. The third-order valence-electron chi connectivity index (χ3n) is 6.23. The predicted octanol–water partition coefficient (Wildman–Crippen LogP) is 5.69. The minimum Gasteiger partial charge on any atom is -0.691 e. The summed E-state index contributed by atoms with van der Waals surface area (Å²) in [7, 11) is 0. The van der Waals surface area contributed by atoms with Crippen LogP contribution in [0.3, 0.4) is 0 Å². The quantitative estimate of drug-likeness (QED) is 0.0913. The Bertz CT molecular complexity index is 1480. The molecule has 0 bridgehead atoms. The molecule has 5 nitrogen and oxygen atoms in total. The smallest absolute Gasteiger partial charge is 0.213 e. The Hall–Kier alpha value is -3.16. The van der Waals surface area contributed by atoms with E-state index in [1.54, 1.807) is 0 Å². The van der Waals surface area contributed by atoms with Crippen LogP contribution in [0.4, 0.5) is 0 Å². The zero-order valence-electron chi connectivity index (χ0n) is 19.0. The molecule has 0 atom stereocenters. The van der Waals surface area contributed by atoms with E-state index in [0.29, 0.717) is 5.75 Å². The zero-order chi connectivity index (χ0) is 23.3. The van der Waals surface area contributed by atoms with Gasteiger partial charge < -0.3 is 9.82 Å². The third-order valence-corrected chi connectivity index (χ3v) is 6.84. The van der Waals surface area contributed by atoms with Crippen molar-refractivity contribution in [1.29, 1.82) is 0 Å². The van der Waals surface area contributed by atoms with Gasteiger partial charge >= 0.3 is 0 Å². The highest BCUT2D eigenvalue weighted by Crippen LogP contribution is 2.30. The van der Waals surface area contributed by atoms with Gasteiger partial charge in [0.2, 0.25) is 5.52 Å². The molecule has 3 aromatic carbocycles. The Morgan fingerprint density at radius 1 is 0.912 bits per heavy atom. The number of benzene rings is 3. The molecule has 172 valence electrons. The SMILES string of the molecule is CCn1c2ccccc2c2cc(C=Cc3cc[n+](CCCSOO[O-])c4ccccc34)ccc21. The molecule has 5 aromatic rings. The molecule has 5 rings (SSSR count). The summed E-state index contributed by atoms with van der Waals surface area (Å²) in [6.07, 6.45) is 7.38. The van der Waals surface area contributed by atoms with E-state index in [4.69, 9.17) is 0 Å². The first-order valence-electron chi connectivity index (χ1n) is 11.5. The molecule has 0 N–H and O–H groups in total. The van der Waals surface area contributed by atoms with Gasteiger partial charge in [0.05, 0.1) is 5.39 Å². The number of hydrogen-bond donors (Lipinski definition) is 0. The van der Waals surface area contributed by atoms with Gasteiger partial charge in [-0.05, 0) is 42.3 Å². The van der Waals surface area contributed by atoms with E-state index in [9.17, 15) is 5.26 Å². The molecule has 0 aliphatic heterocycles. The van der Waals surface area contributed by atoms with Crippen LogP contribution in [0.5, 0.6) is 0 Å². The molecule has 0 radical (unpaired) electrons. The minimum atomic E-state index is 0.683. The summed E-state index contributed by atoms with van der Waals surface area (Å²) in [5, 5.41) is 17.1. The van der Waals surface area contributed by atoms with Crippen molar-refractivity contribution in [2.75, 3.05) is 5.75 Å². The lowest BCUT2D eigenvalue weighted by Gasteiger charge is -2.05. The van der Waals surface area contributed by atoms with Crippen LogP contribution in [0.25, 0.3) is 44.9 Å². The van der Waals surface area contributed by atoms with Crippen molar-refractivity contribution < 1.29 is 19.2 Å². The second-order valence-corrected chi connectivity index (χ2v) is 8.94. The molecule has 2 heterocycles. The molecule has 2 aromatic heterocycles. The standard InChI is InChI=1S/C28H26N2O3S/c1-2-30-27-11-6-4-9-24(27)25-20-21(13-15-28(25)30)12-14-22-16-18-29(17-7-19-34-33-32-31)26-10-5-3-8-23(22)26/h3-6,8-16,18,20H,2,7,17,19H2,1H3. The molecule has 0 spiro atoms. The summed E-state index contributed by atoms with van der Waals surface area (Å²) in [4.78, 5) is 0. The number of rotatable bonds is 9. The van der Waals surface area contributed by atoms with Crippen molar-refractivity contribution >= 4 is 56.9 Å². The van der Waals surface area contributed by atoms with Crippen LogP contribution in [0.2, 0.25) is 0 Å². The second kappa shape index (κ2) is 10.4. The number of hydrogen-bond acceptors (Lipinski definition) is 4. The van der Waals surface area contributed by atoms with Crippen LogP contribution >= 0.6 is 12.0 Å². The summed E-state index contributed by atoms with van der Waals surface area (Å²) >= 11 is 1.03. The molecule has 0 aliphatic carbocycles. The van der Waals surface area contributed by atoms with Crippen LogP contribution < -0.4 is 9.82 Å². The van der Waals surface area contributed by atoms with E-state index in [1.807, 2.05) is 0 Å². The summed E-state index contributed by atoms with van der Waals surface area (Å²) in [6, 6.07) is 25.9. The molecule has 0 saturated heterocycles. The Balaban J connectivity index is 1.45. The molecular weight excluding hydrogens is 444 g/mol. The molecule has 34 heavy (non-hydrogen) atoms. The van der Waals surface area contributed by atoms with E-state index >= 15 is 0 Å². The molecule has 6 heteroatoms. The third kappa shape index (κ3) is 4.45. The van der Waals surface area contributed by atoms with Gasteiger partial charge in [0, 0.05) is 64.7 Å². The molecular formula is C28H26N2O3S. The lowest BCUT2D eigenvalue weighted by Crippen LogP contribution is -2.34. The van der Waals surface area contributed by atoms with E-state index in [1.165, 1.54) is 43.8 Å². The molecule has 0 aliphatic rings. The van der Waals surface area contributed by atoms with E-state index in [-0.39, 0.29) is 0 Å². The highest BCUT2D eigenvalue weighted by molar-refractivity contribution is 7.94.